The van der Waals surface area contributed by atoms with Crippen molar-refractivity contribution < 1.29 is 4.79 Å². The molecule has 1 N–H and O–H groups in total. The lowest BCUT2D eigenvalue weighted by Gasteiger charge is -2.01. The second kappa shape index (κ2) is 8.78. The number of carbonyl (C=O) groups excluding carboxylic acids is 1. The summed E-state index contributed by atoms with van der Waals surface area (Å²) in [6.07, 6.45) is 1.16. The summed E-state index contributed by atoms with van der Waals surface area (Å²) in [5.41, 5.74) is 3.66. The van der Waals surface area contributed by atoms with Crippen molar-refractivity contribution in [2.45, 2.75) is 29.9 Å². The number of nitrogens with zero attached hydrogens (tertiary/aromatic N) is 2. The van der Waals surface area contributed by atoms with Gasteiger partial charge in [0.15, 0.2) is 4.34 Å². The summed E-state index contributed by atoms with van der Waals surface area (Å²) in [4.78, 5) is 12.0. The Kier molecular flexibility index (Phi) is 6.19. The SMILES string of the molecule is Cc1ccc(CSc2nnc(NC(=O)CCc3ccccc3)s2)cc1. The molecular weight excluding hydrogens is 350 g/mol. The Balaban J connectivity index is 1.46. The largest absolute Gasteiger partial charge is 0.300 e. The van der Waals surface area contributed by atoms with E-state index in [2.05, 4.69) is 46.7 Å². The van der Waals surface area contributed by atoms with Gasteiger partial charge in [0, 0.05) is 12.2 Å². The number of hydrogen-bond donors (Lipinski definition) is 1. The highest BCUT2D eigenvalue weighted by atomic mass is 32.2. The van der Waals surface area contributed by atoms with Gasteiger partial charge in [-0.05, 0) is 24.5 Å². The van der Waals surface area contributed by atoms with Crippen molar-refractivity contribution in [1.82, 2.24) is 10.2 Å². The van der Waals surface area contributed by atoms with Crippen molar-refractivity contribution in [1.29, 1.82) is 0 Å². The molecule has 0 unspecified atom stereocenters. The second-order valence-corrected chi connectivity index (χ2v) is 7.88. The van der Waals surface area contributed by atoms with Gasteiger partial charge < -0.3 is 5.32 Å². The minimum absolute atomic E-state index is 0.0323. The summed E-state index contributed by atoms with van der Waals surface area (Å²) >= 11 is 3.05. The van der Waals surface area contributed by atoms with Gasteiger partial charge in [-0.15, -0.1) is 10.2 Å². The first-order valence-corrected chi connectivity index (χ1v) is 9.85. The van der Waals surface area contributed by atoms with Gasteiger partial charge in [0.2, 0.25) is 11.0 Å². The van der Waals surface area contributed by atoms with Crippen molar-refractivity contribution in [3.8, 4) is 0 Å². The molecule has 1 heterocycles. The van der Waals surface area contributed by atoms with Crippen LogP contribution in [0, 0.1) is 6.92 Å². The van der Waals surface area contributed by atoms with Crippen molar-refractivity contribution in [3.05, 3.63) is 71.3 Å². The number of aryl methyl sites for hydroxylation is 2. The first kappa shape index (κ1) is 17.6. The van der Waals surface area contributed by atoms with Crippen LogP contribution in [0.3, 0.4) is 0 Å². The molecule has 3 aromatic rings. The summed E-state index contributed by atoms with van der Waals surface area (Å²) in [7, 11) is 0. The number of amides is 1. The number of anilines is 1. The lowest BCUT2D eigenvalue weighted by atomic mass is 10.1. The quantitative estimate of drug-likeness (QED) is 0.484. The van der Waals surface area contributed by atoms with Crippen LogP contribution in [0.4, 0.5) is 5.13 Å². The monoisotopic (exact) mass is 369 g/mol. The van der Waals surface area contributed by atoms with E-state index in [1.165, 1.54) is 22.5 Å². The fraction of sp³-hybridized carbons (Fsp3) is 0.211. The van der Waals surface area contributed by atoms with Crippen LogP contribution in [0.25, 0.3) is 0 Å². The number of thioether (sulfide) groups is 1. The molecule has 0 atom stereocenters. The van der Waals surface area contributed by atoms with Gasteiger partial charge in [0.1, 0.15) is 0 Å². The number of carbonyl (C=O) groups is 1. The standard InChI is InChI=1S/C19H19N3OS2/c1-14-7-9-16(10-8-14)13-24-19-22-21-18(25-19)20-17(23)12-11-15-5-3-2-4-6-15/h2-10H,11-13H2,1H3,(H,20,21,23). The summed E-state index contributed by atoms with van der Waals surface area (Å²) in [6.45, 7) is 2.08. The van der Waals surface area contributed by atoms with E-state index in [0.717, 1.165) is 22.1 Å². The van der Waals surface area contributed by atoms with E-state index in [0.29, 0.717) is 11.6 Å². The van der Waals surface area contributed by atoms with Gasteiger partial charge in [0.25, 0.3) is 0 Å². The number of nitrogens with one attached hydrogen (secondary N) is 1. The zero-order valence-corrected chi connectivity index (χ0v) is 15.6. The van der Waals surface area contributed by atoms with Gasteiger partial charge >= 0.3 is 0 Å². The van der Waals surface area contributed by atoms with Crippen LogP contribution in [-0.4, -0.2) is 16.1 Å². The second-order valence-electron chi connectivity index (χ2n) is 5.68. The maximum atomic E-state index is 12.0. The molecule has 6 heteroatoms. The molecular formula is C19H19N3OS2. The number of rotatable bonds is 7. The maximum Gasteiger partial charge on any atom is 0.226 e. The summed E-state index contributed by atoms with van der Waals surface area (Å²) in [5, 5.41) is 11.6. The molecule has 1 amide bonds. The third-order valence-corrected chi connectivity index (χ3v) is 5.66. The van der Waals surface area contributed by atoms with Gasteiger partial charge in [-0.3, -0.25) is 4.79 Å². The lowest BCUT2D eigenvalue weighted by molar-refractivity contribution is -0.116. The summed E-state index contributed by atoms with van der Waals surface area (Å²) in [6, 6.07) is 18.4. The van der Waals surface area contributed by atoms with Crippen LogP contribution in [-0.2, 0) is 17.0 Å². The van der Waals surface area contributed by atoms with Gasteiger partial charge in [-0.1, -0.05) is 83.3 Å². The molecule has 0 spiro atoms. The average Bonchev–Trinajstić information content (AvgIpc) is 3.08. The number of benzene rings is 2. The van der Waals surface area contributed by atoms with Crippen LogP contribution < -0.4 is 5.32 Å². The molecule has 0 aliphatic heterocycles. The molecule has 0 bridgehead atoms. The van der Waals surface area contributed by atoms with Gasteiger partial charge in [-0.2, -0.15) is 0 Å². The zero-order chi connectivity index (χ0) is 17.5. The number of aromatic nitrogens is 2. The van der Waals surface area contributed by atoms with Crippen molar-refractivity contribution in [3.63, 3.8) is 0 Å². The fourth-order valence-electron chi connectivity index (χ4n) is 2.23. The highest BCUT2D eigenvalue weighted by Crippen LogP contribution is 2.28. The highest BCUT2D eigenvalue weighted by molar-refractivity contribution is 8.00. The highest BCUT2D eigenvalue weighted by Gasteiger charge is 2.09. The Morgan fingerprint density at radius 1 is 1.04 bits per heavy atom. The van der Waals surface area contributed by atoms with Gasteiger partial charge in [-0.25, -0.2) is 0 Å². The lowest BCUT2D eigenvalue weighted by Crippen LogP contribution is -2.12. The van der Waals surface area contributed by atoms with Crippen molar-refractivity contribution in [2.75, 3.05) is 5.32 Å². The van der Waals surface area contributed by atoms with E-state index in [-0.39, 0.29) is 5.91 Å². The molecule has 25 heavy (non-hydrogen) atoms. The molecule has 128 valence electrons. The minimum atomic E-state index is -0.0323. The molecule has 0 aliphatic carbocycles. The van der Waals surface area contributed by atoms with E-state index in [9.17, 15) is 4.79 Å². The molecule has 2 aromatic carbocycles. The molecule has 1 aromatic heterocycles. The molecule has 0 saturated heterocycles. The summed E-state index contributed by atoms with van der Waals surface area (Å²) in [5.74, 6) is 0.812. The van der Waals surface area contributed by atoms with E-state index in [1.807, 2.05) is 30.3 Å². The molecule has 3 rings (SSSR count). The normalized spacial score (nSPS) is 10.6. The predicted octanol–water partition coefficient (Wildman–Crippen LogP) is 4.71. The molecule has 4 nitrogen and oxygen atoms in total. The minimum Gasteiger partial charge on any atom is -0.300 e. The van der Waals surface area contributed by atoms with Crippen LogP contribution in [0.5, 0.6) is 0 Å². The Hall–Kier alpha value is -2.18. The van der Waals surface area contributed by atoms with E-state index < -0.39 is 0 Å². The molecule has 0 aliphatic rings. The first-order valence-electron chi connectivity index (χ1n) is 8.05. The van der Waals surface area contributed by atoms with E-state index >= 15 is 0 Å². The topological polar surface area (TPSA) is 54.9 Å². The first-order chi connectivity index (χ1) is 12.2. The van der Waals surface area contributed by atoms with E-state index in [1.54, 1.807) is 11.8 Å². The fourth-order valence-corrected chi connectivity index (χ4v) is 3.96. The van der Waals surface area contributed by atoms with Crippen LogP contribution >= 0.6 is 23.1 Å². The smallest absolute Gasteiger partial charge is 0.226 e. The average molecular weight is 370 g/mol. The number of hydrogen-bond acceptors (Lipinski definition) is 5. The van der Waals surface area contributed by atoms with Crippen molar-refractivity contribution in [2.24, 2.45) is 0 Å². The van der Waals surface area contributed by atoms with Gasteiger partial charge in [0.05, 0.1) is 0 Å². The summed E-state index contributed by atoms with van der Waals surface area (Å²) < 4.78 is 0.860. The Labute approximate surface area is 155 Å². The zero-order valence-electron chi connectivity index (χ0n) is 13.9. The van der Waals surface area contributed by atoms with Crippen LogP contribution in [0.1, 0.15) is 23.1 Å². The third kappa shape index (κ3) is 5.69. The van der Waals surface area contributed by atoms with Crippen LogP contribution in [0.2, 0.25) is 0 Å². The van der Waals surface area contributed by atoms with Crippen molar-refractivity contribution >= 4 is 34.1 Å². The molecule has 0 radical (unpaired) electrons. The third-order valence-electron chi connectivity index (χ3n) is 3.62. The Morgan fingerprint density at radius 2 is 1.80 bits per heavy atom. The molecule has 0 saturated carbocycles. The maximum absolute atomic E-state index is 12.0. The Morgan fingerprint density at radius 3 is 2.56 bits per heavy atom. The predicted molar refractivity (Wildman–Crippen MR) is 104 cm³/mol. The van der Waals surface area contributed by atoms with E-state index in [4.69, 9.17) is 0 Å². The molecule has 0 fully saturated rings. The van der Waals surface area contributed by atoms with Crippen LogP contribution in [0.15, 0.2) is 58.9 Å². The Bertz CT molecular complexity index is 816.